The van der Waals surface area contributed by atoms with Crippen LogP contribution in [0, 0.1) is 0 Å². The number of carbonyl (C=O) groups excluding carboxylic acids is 1. The first-order valence-corrected chi connectivity index (χ1v) is 12.5. The van der Waals surface area contributed by atoms with Crippen LogP contribution >= 0.6 is 0 Å². The SMILES string of the molecule is CNC(=O)c1cc(Oc2ccc3nc(NS(=O)(=O)c4cccc(C(F)(F)F)c4)nnc3c2)ccn1.O=C(O)C(F)(F)F. The van der Waals surface area contributed by atoms with Gasteiger partial charge in [-0.05, 0) is 36.4 Å². The van der Waals surface area contributed by atoms with E-state index in [4.69, 9.17) is 14.6 Å². The lowest BCUT2D eigenvalue weighted by Gasteiger charge is -2.10. The van der Waals surface area contributed by atoms with Crippen molar-refractivity contribution in [1.82, 2.24) is 25.5 Å². The van der Waals surface area contributed by atoms with Crippen LogP contribution in [0.1, 0.15) is 16.1 Å². The molecule has 0 saturated carbocycles. The second-order valence-corrected chi connectivity index (χ2v) is 9.46. The number of ether oxygens (including phenoxy) is 1. The zero-order valence-corrected chi connectivity index (χ0v) is 21.5. The smallest absolute Gasteiger partial charge is 0.475 e. The van der Waals surface area contributed by atoms with Crippen LogP contribution in [0.4, 0.5) is 32.3 Å². The number of hydrogen-bond acceptors (Lipinski definition) is 9. The van der Waals surface area contributed by atoms with Gasteiger partial charge < -0.3 is 15.2 Å². The number of nitrogens with one attached hydrogen (secondary N) is 2. The summed E-state index contributed by atoms with van der Waals surface area (Å²) in [6, 6.07) is 10.8. The Kier molecular flexibility index (Phi) is 9.14. The highest BCUT2D eigenvalue weighted by Crippen LogP contribution is 2.31. The summed E-state index contributed by atoms with van der Waals surface area (Å²) in [5.41, 5.74) is -0.452. The molecule has 222 valence electrons. The van der Waals surface area contributed by atoms with E-state index in [9.17, 15) is 39.6 Å². The third kappa shape index (κ3) is 8.22. The molecule has 42 heavy (non-hydrogen) atoms. The van der Waals surface area contributed by atoms with Crippen LogP contribution in [0.5, 0.6) is 11.5 Å². The number of carbonyl (C=O) groups is 2. The number of fused-ring (bicyclic) bond motifs is 1. The van der Waals surface area contributed by atoms with Crippen molar-refractivity contribution in [1.29, 1.82) is 0 Å². The molecule has 0 aliphatic rings. The number of carboxylic acid groups (broad SMARTS) is 1. The van der Waals surface area contributed by atoms with Crippen LogP contribution in [0.25, 0.3) is 11.0 Å². The van der Waals surface area contributed by atoms with Crippen molar-refractivity contribution in [2.45, 2.75) is 17.2 Å². The van der Waals surface area contributed by atoms with Gasteiger partial charge in [-0.3, -0.25) is 9.78 Å². The van der Waals surface area contributed by atoms with Crippen molar-refractivity contribution >= 4 is 38.9 Å². The number of alkyl halides is 6. The maximum absolute atomic E-state index is 12.9. The Morgan fingerprint density at radius 3 is 2.19 bits per heavy atom. The van der Waals surface area contributed by atoms with Crippen molar-refractivity contribution in [2.24, 2.45) is 0 Å². The third-order valence-corrected chi connectivity index (χ3v) is 6.12. The molecule has 2 aromatic carbocycles. The molecule has 2 aromatic heterocycles. The number of amides is 1. The molecule has 1 amide bonds. The van der Waals surface area contributed by atoms with Gasteiger partial charge in [0.1, 0.15) is 22.7 Å². The number of sulfonamides is 1. The number of benzene rings is 2. The second kappa shape index (κ2) is 12.2. The van der Waals surface area contributed by atoms with Crippen LogP contribution < -0.4 is 14.8 Å². The van der Waals surface area contributed by atoms with Crippen molar-refractivity contribution < 1.29 is 54.2 Å². The van der Waals surface area contributed by atoms with Crippen molar-refractivity contribution in [3.63, 3.8) is 0 Å². The van der Waals surface area contributed by atoms with Crippen LogP contribution in [-0.4, -0.2) is 58.8 Å². The fourth-order valence-corrected chi connectivity index (χ4v) is 3.89. The predicted molar refractivity (Wildman–Crippen MR) is 131 cm³/mol. The van der Waals surface area contributed by atoms with E-state index in [1.807, 2.05) is 4.72 Å². The minimum absolute atomic E-state index is 0.157. The fraction of sp³-hybridized carbons (Fsp3) is 0.130. The average Bonchev–Trinajstić information content (AvgIpc) is 2.92. The quantitative estimate of drug-likeness (QED) is 0.268. The number of pyridine rings is 1. The highest BCUT2D eigenvalue weighted by molar-refractivity contribution is 7.92. The maximum atomic E-state index is 12.9. The molecule has 0 unspecified atom stereocenters. The number of hydrogen-bond donors (Lipinski definition) is 3. The predicted octanol–water partition coefficient (Wildman–Crippen LogP) is 4.02. The molecule has 0 radical (unpaired) electrons. The summed E-state index contributed by atoms with van der Waals surface area (Å²) in [6.07, 6.45) is -8.38. The molecule has 0 bridgehead atoms. The van der Waals surface area contributed by atoms with E-state index < -0.39 is 44.8 Å². The Morgan fingerprint density at radius 2 is 1.57 bits per heavy atom. The van der Waals surface area contributed by atoms with Crippen LogP contribution in [0.3, 0.4) is 0 Å². The highest BCUT2D eigenvalue weighted by Gasteiger charge is 2.38. The normalized spacial score (nSPS) is 11.7. The van der Waals surface area contributed by atoms with Gasteiger partial charge in [-0.25, -0.2) is 22.9 Å². The van der Waals surface area contributed by atoms with Crippen LogP contribution in [-0.2, 0) is 21.0 Å². The van der Waals surface area contributed by atoms with Crippen LogP contribution in [0.2, 0.25) is 0 Å². The molecule has 3 N–H and O–H groups in total. The molecule has 0 aliphatic heterocycles. The lowest BCUT2D eigenvalue weighted by molar-refractivity contribution is -0.192. The van der Waals surface area contributed by atoms with Gasteiger partial charge in [-0.15, -0.1) is 10.2 Å². The molecule has 0 aliphatic carbocycles. The molecule has 4 rings (SSSR count). The van der Waals surface area contributed by atoms with Crippen molar-refractivity contribution in [3.05, 3.63) is 72.1 Å². The summed E-state index contributed by atoms with van der Waals surface area (Å²) in [5.74, 6) is -2.89. The lowest BCUT2D eigenvalue weighted by Crippen LogP contribution is -2.21. The van der Waals surface area contributed by atoms with Crippen molar-refractivity contribution in [3.8, 4) is 11.5 Å². The molecule has 19 heteroatoms. The molecule has 0 atom stereocenters. The Balaban J connectivity index is 0.000000616. The number of anilines is 1. The summed E-state index contributed by atoms with van der Waals surface area (Å²) in [5, 5.41) is 17.2. The number of halogens is 6. The Morgan fingerprint density at radius 1 is 0.905 bits per heavy atom. The average molecular weight is 618 g/mol. The van der Waals surface area contributed by atoms with Crippen molar-refractivity contribution in [2.75, 3.05) is 11.8 Å². The minimum atomic E-state index is -5.08. The minimum Gasteiger partial charge on any atom is -0.475 e. The van der Waals surface area contributed by atoms with Gasteiger partial charge in [0.25, 0.3) is 21.9 Å². The van der Waals surface area contributed by atoms with Gasteiger partial charge in [0.05, 0.1) is 16.0 Å². The monoisotopic (exact) mass is 618 g/mol. The standard InChI is InChI=1S/C21H15F3N6O4S.C2HF3O2/c1-25-19(31)18-11-14(7-8-26-18)34-13-5-6-16-17(10-13)28-29-20(27-16)30-35(32,33)15-4-2-3-12(9-15)21(22,23)24;3-2(4,5)1(6)7/h2-11H,1H3,(H,25,31)(H,27,29,30);(H,6,7). The van der Waals surface area contributed by atoms with E-state index in [1.165, 1.54) is 37.5 Å². The number of aromatic nitrogens is 4. The van der Waals surface area contributed by atoms with Gasteiger partial charge in [0.2, 0.25) is 0 Å². The maximum Gasteiger partial charge on any atom is 0.490 e. The summed E-state index contributed by atoms with van der Waals surface area (Å²) in [7, 11) is -2.93. The molecular formula is C23H16F6N6O6S. The van der Waals surface area contributed by atoms with Gasteiger partial charge in [-0.1, -0.05) is 6.07 Å². The van der Waals surface area contributed by atoms with Gasteiger partial charge in [-0.2, -0.15) is 26.3 Å². The molecule has 12 nitrogen and oxygen atoms in total. The van der Waals surface area contributed by atoms with Gasteiger partial charge in [0, 0.05) is 25.4 Å². The van der Waals surface area contributed by atoms with E-state index in [0.717, 1.165) is 18.2 Å². The topological polar surface area (TPSA) is 173 Å². The number of rotatable bonds is 6. The van der Waals surface area contributed by atoms with E-state index in [1.54, 1.807) is 6.07 Å². The molecular weight excluding hydrogens is 602 g/mol. The zero-order valence-electron chi connectivity index (χ0n) is 20.7. The Labute approximate surface area is 231 Å². The largest absolute Gasteiger partial charge is 0.490 e. The number of carboxylic acids is 1. The first kappa shape index (κ1) is 31.5. The summed E-state index contributed by atoms with van der Waals surface area (Å²) >= 11 is 0. The first-order valence-electron chi connectivity index (χ1n) is 11.0. The Bertz CT molecular complexity index is 1730. The molecule has 0 saturated heterocycles. The van der Waals surface area contributed by atoms with Gasteiger partial charge >= 0.3 is 18.3 Å². The summed E-state index contributed by atoms with van der Waals surface area (Å²) in [4.78, 5) is 28.0. The first-order chi connectivity index (χ1) is 19.5. The molecule has 2 heterocycles. The molecule has 0 spiro atoms. The number of aliphatic carboxylic acids is 1. The van der Waals surface area contributed by atoms with Gasteiger partial charge in [0.15, 0.2) is 0 Å². The fourth-order valence-electron chi connectivity index (χ4n) is 2.90. The number of nitrogens with zero attached hydrogens (tertiary/aromatic N) is 4. The molecule has 4 aromatic rings. The third-order valence-electron chi connectivity index (χ3n) is 4.79. The summed E-state index contributed by atoms with van der Waals surface area (Å²) < 4.78 is 103. The van der Waals surface area contributed by atoms with E-state index in [0.29, 0.717) is 17.6 Å². The highest BCUT2D eigenvalue weighted by atomic mass is 32.2. The zero-order chi connectivity index (χ0) is 31.3. The Hall–Kier alpha value is -5.07. The molecule has 0 fully saturated rings. The van der Waals surface area contributed by atoms with E-state index in [2.05, 4.69) is 25.5 Å². The summed E-state index contributed by atoms with van der Waals surface area (Å²) in [6.45, 7) is 0. The second-order valence-electron chi connectivity index (χ2n) is 7.78. The lowest BCUT2D eigenvalue weighted by atomic mass is 10.2. The van der Waals surface area contributed by atoms with E-state index in [-0.39, 0.29) is 22.6 Å². The van der Waals surface area contributed by atoms with Crippen LogP contribution in [0.15, 0.2) is 65.7 Å². The van der Waals surface area contributed by atoms with E-state index >= 15 is 0 Å².